The Bertz CT molecular complexity index is 566. The number of likely N-dealkylation sites (tertiary alicyclic amines) is 1. The number of nitrogens with one attached hydrogen (secondary N) is 1. The fourth-order valence-corrected chi connectivity index (χ4v) is 3.06. The molecule has 0 radical (unpaired) electrons. The van der Waals surface area contributed by atoms with E-state index in [4.69, 9.17) is 11.6 Å². The Morgan fingerprint density at radius 2 is 1.91 bits per heavy atom. The van der Waals surface area contributed by atoms with Gasteiger partial charge in [0.1, 0.15) is 0 Å². The van der Waals surface area contributed by atoms with Crippen molar-refractivity contribution in [2.75, 3.05) is 19.6 Å². The monoisotopic (exact) mass is 336 g/mol. The molecule has 1 aliphatic rings. The van der Waals surface area contributed by atoms with Crippen LogP contribution < -0.4 is 5.32 Å². The van der Waals surface area contributed by atoms with Gasteiger partial charge in [-0.2, -0.15) is 0 Å². The summed E-state index contributed by atoms with van der Waals surface area (Å²) in [5.41, 5.74) is 0.519. The molecule has 1 heterocycles. The van der Waals surface area contributed by atoms with Gasteiger partial charge in [-0.1, -0.05) is 23.7 Å². The molecule has 0 saturated carbocycles. The summed E-state index contributed by atoms with van der Waals surface area (Å²) < 4.78 is 0. The second-order valence-electron chi connectivity index (χ2n) is 6.72. The summed E-state index contributed by atoms with van der Waals surface area (Å²) in [4.78, 5) is 26.5. The van der Waals surface area contributed by atoms with Gasteiger partial charge in [0.2, 0.25) is 5.91 Å². The van der Waals surface area contributed by atoms with Crippen molar-refractivity contribution in [1.29, 1.82) is 0 Å². The van der Waals surface area contributed by atoms with Gasteiger partial charge in [-0.15, -0.1) is 0 Å². The number of carbonyl (C=O) groups is 2. The van der Waals surface area contributed by atoms with Gasteiger partial charge in [-0.25, -0.2) is 0 Å². The molecule has 23 heavy (non-hydrogen) atoms. The molecule has 126 valence electrons. The fraction of sp³-hybridized carbons (Fsp3) is 0.556. The summed E-state index contributed by atoms with van der Waals surface area (Å²) in [6.45, 7) is 7.09. The van der Waals surface area contributed by atoms with Crippen LogP contribution in [0.4, 0.5) is 0 Å². The zero-order valence-electron chi connectivity index (χ0n) is 13.9. The third kappa shape index (κ3) is 5.33. The van der Waals surface area contributed by atoms with Crippen molar-refractivity contribution < 1.29 is 9.59 Å². The number of rotatable bonds is 7. The quantitative estimate of drug-likeness (QED) is 0.777. The predicted molar refractivity (Wildman–Crippen MR) is 92.9 cm³/mol. The van der Waals surface area contributed by atoms with Crippen molar-refractivity contribution in [3.8, 4) is 0 Å². The first-order valence-corrected chi connectivity index (χ1v) is 8.57. The van der Waals surface area contributed by atoms with Gasteiger partial charge in [0.15, 0.2) is 5.78 Å². The molecule has 1 aromatic carbocycles. The first-order valence-electron chi connectivity index (χ1n) is 8.19. The van der Waals surface area contributed by atoms with Gasteiger partial charge in [0.05, 0.1) is 0 Å². The summed E-state index contributed by atoms with van der Waals surface area (Å²) in [5.74, 6) is -0.130. The molecule has 1 N–H and O–H groups in total. The number of benzene rings is 1. The van der Waals surface area contributed by atoms with Crippen LogP contribution >= 0.6 is 11.6 Å². The molecule has 0 unspecified atom stereocenters. The maximum atomic E-state index is 12.1. The lowest BCUT2D eigenvalue weighted by molar-refractivity contribution is -0.121. The first kappa shape index (κ1) is 18.0. The number of hydrogen-bond donors (Lipinski definition) is 1. The average molecular weight is 337 g/mol. The van der Waals surface area contributed by atoms with Crippen LogP contribution in [-0.2, 0) is 4.79 Å². The molecular weight excluding hydrogens is 312 g/mol. The second-order valence-corrected chi connectivity index (χ2v) is 7.15. The Balaban J connectivity index is 1.75. The smallest absolute Gasteiger partial charge is 0.220 e. The van der Waals surface area contributed by atoms with Crippen molar-refractivity contribution in [1.82, 2.24) is 10.2 Å². The highest BCUT2D eigenvalue weighted by atomic mass is 35.5. The lowest BCUT2D eigenvalue weighted by Gasteiger charge is -2.35. The number of hydrogen-bond acceptors (Lipinski definition) is 3. The van der Waals surface area contributed by atoms with E-state index >= 15 is 0 Å². The van der Waals surface area contributed by atoms with E-state index in [0.29, 0.717) is 17.1 Å². The van der Waals surface area contributed by atoms with Crippen LogP contribution in [-0.4, -0.2) is 41.8 Å². The highest BCUT2D eigenvalue weighted by Gasteiger charge is 2.29. The van der Waals surface area contributed by atoms with Crippen LogP contribution in [0.1, 0.15) is 49.9 Å². The van der Waals surface area contributed by atoms with Crippen LogP contribution in [0.5, 0.6) is 0 Å². The van der Waals surface area contributed by atoms with Crippen molar-refractivity contribution in [2.24, 2.45) is 0 Å². The van der Waals surface area contributed by atoms with Crippen LogP contribution in [0.3, 0.4) is 0 Å². The topological polar surface area (TPSA) is 49.4 Å². The van der Waals surface area contributed by atoms with Crippen LogP contribution in [0.2, 0.25) is 5.02 Å². The van der Waals surface area contributed by atoms with Gasteiger partial charge in [0.25, 0.3) is 0 Å². The lowest BCUT2D eigenvalue weighted by atomic mass is 10.0. The summed E-state index contributed by atoms with van der Waals surface area (Å²) in [7, 11) is 0. The van der Waals surface area contributed by atoms with E-state index in [0.717, 1.165) is 13.1 Å². The molecule has 2 rings (SSSR count). The molecule has 1 aliphatic heterocycles. The largest absolute Gasteiger partial charge is 0.354 e. The molecule has 0 bridgehead atoms. The Labute approximate surface area is 143 Å². The molecule has 4 nitrogen and oxygen atoms in total. The number of carbonyl (C=O) groups excluding carboxylic acids is 2. The lowest BCUT2D eigenvalue weighted by Crippen LogP contribution is -2.50. The maximum absolute atomic E-state index is 12.1. The van der Waals surface area contributed by atoms with Gasteiger partial charge in [-0.3, -0.25) is 14.5 Å². The van der Waals surface area contributed by atoms with Crippen LogP contribution in [0.25, 0.3) is 0 Å². The van der Waals surface area contributed by atoms with Crippen LogP contribution in [0, 0.1) is 0 Å². The molecule has 1 amide bonds. The van der Waals surface area contributed by atoms with Crippen molar-refractivity contribution in [3.05, 3.63) is 34.9 Å². The molecule has 0 aromatic heterocycles. The Morgan fingerprint density at radius 3 is 2.57 bits per heavy atom. The normalized spacial score (nSPS) is 15.6. The Hall–Kier alpha value is -1.39. The minimum absolute atomic E-state index is 0.0386. The van der Waals surface area contributed by atoms with Crippen molar-refractivity contribution >= 4 is 23.3 Å². The third-order valence-electron chi connectivity index (χ3n) is 4.41. The molecule has 0 aliphatic carbocycles. The number of Topliss-reactive ketones (excluding diaryl/α,β-unsaturated/α-hetero) is 1. The highest BCUT2D eigenvalue weighted by molar-refractivity contribution is 6.31. The van der Waals surface area contributed by atoms with Crippen LogP contribution in [0.15, 0.2) is 24.3 Å². The van der Waals surface area contributed by atoms with E-state index in [9.17, 15) is 9.59 Å². The van der Waals surface area contributed by atoms with E-state index in [1.165, 1.54) is 12.8 Å². The zero-order chi connectivity index (χ0) is 16.9. The molecule has 1 fully saturated rings. The molecule has 0 spiro atoms. The predicted octanol–water partition coefficient (Wildman–Crippen LogP) is 3.29. The molecule has 0 atom stereocenters. The van der Waals surface area contributed by atoms with E-state index in [1.807, 2.05) is 0 Å². The number of halogens is 1. The molecule has 1 aromatic rings. The van der Waals surface area contributed by atoms with Gasteiger partial charge in [0, 0.05) is 35.5 Å². The Morgan fingerprint density at radius 1 is 1.22 bits per heavy atom. The first-order chi connectivity index (χ1) is 10.9. The zero-order valence-corrected chi connectivity index (χ0v) is 14.7. The standard InChI is InChI=1S/C18H25ClN2O2/c1-18(2,21-10-3-4-11-21)13-20-17(23)9-8-16(22)14-6-5-7-15(19)12-14/h5-7,12H,3-4,8-11,13H2,1-2H3,(H,20,23). The second kappa shape index (κ2) is 7.93. The average Bonchev–Trinajstić information content (AvgIpc) is 3.06. The minimum atomic E-state index is -0.0763. The van der Waals surface area contributed by atoms with E-state index < -0.39 is 0 Å². The molecular formula is C18H25ClN2O2. The van der Waals surface area contributed by atoms with E-state index in [1.54, 1.807) is 24.3 Å². The summed E-state index contributed by atoms with van der Waals surface area (Å²) >= 11 is 5.88. The van der Waals surface area contributed by atoms with Gasteiger partial charge < -0.3 is 5.32 Å². The number of nitrogens with zero attached hydrogens (tertiary/aromatic N) is 1. The number of ketones is 1. The summed E-state index contributed by atoms with van der Waals surface area (Å²) in [6, 6.07) is 6.83. The van der Waals surface area contributed by atoms with Gasteiger partial charge in [-0.05, 0) is 51.9 Å². The third-order valence-corrected chi connectivity index (χ3v) is 4.64. The van der Waals surface area contributed by atoms with Crippen molar-refractivity contribution in [2.45, 2.75) is 45.1 Å². The molecule has 1 saturated heterocycles. The van der Waals surface area contributed by atoms with Crippen molar-refractivity contribution in [3.63, 3.8) is 0 Å². The van der Waals surface area contributed by atoms with E-state index in [-0.39, 0.29) is 30.1 Å². The van der Waals surface area contributed by atoms with E-state index in [2.05, 4.69) is 24.1 Å². The fourth-order valence-electron chi connectivity index (χ4n) is 2.87. The SMILES string of the molecule is CC(C)(CNC(=O)CCC(=O)c1cccc(Cl)c1)N1CCCC1. The highest BCUT2D eigenvalue weighted by Crippen LogP contribution is 2.20. The number of amides is 1. The molecule has 5 heteroatoms. The summed E-state index contributed by atoms with van der Waals surface area (Å²) in [5, 5.41) is 3.49. The maximum Gasteiger partial charge on any atom is 0.220 e. The van der Waals surface area contributed by atoms with Gasteiger partial charge >= 0.3 is 0 Å². The Kier molecular flexibility index (Phi) is 6.19. The minimum Gasteiger partial charge on any atom is -0.354 e. The summed E-state index contributed by atoms with van der Waals surface area (Å²) in [6.07, 6.45) is 2.87.